The normalized spacial score (nSPS) is 15.8. The number of aryl methyl sites for hydroxylation is 1. The van der Waals surface area contributed by atoms with Gasteiger partial charge in [-0.1, -0.05) is 42.2 Å². The average Bonchev–Trinajstić information content (AvgIpc) is 3.11. The highest BCUT2D eigenvalue weighted by molar-refractivity contribution is 8.02. The van der Waals surface area contributed by atoms with Gasteiger partial charge in [-0.2, -0.15) is 0 Å². The number of hydrogen-bond donors (Lipinski definition) is 1. The number of amides is 1. The van der Waals surface area contributed by atoms with E-state index in [1.807, 2.05) is 31.2 Å². The standard InChI is InChI=1S/C17H22N4O2S2/c1-3-13-4-6-14(7-5-13)18-15(22)12(2)24-17-20-19-16(25-17)21-8-10-23-11-9-21/h4-7,12H,3,8-11H2,1-2H3,(H,18,22). The molecule has 1 N–H and O–H groups in total. The summed E-state index contributed by atoms with van der Waals surface area (Å²) in [7, 11) is 0. The number of aromatic nitrogens is 2. The smallest absolute Gasteiger partial charge is 0.237 e. The van der Waals surface area contributed by atoms with E-state index < -0.39 is 0 Å². The number of rotatable bonds is 6. The molecule has 1 atom stereocenters. The van der Waals surface area contributed by atoms with Crippen LogP contribution in [-0.4, -0.2) is 47.7 Å². The molecule has 0 aliphatic carbocycles. The second kappa shape index (κ2) is 8.64. The van der Waals surface area contributed by atoms with E-state index >= 15 is 0 Å². The molecular formula is C17H22N4O2S2. The summed E-state index contributed by atoms with van der Waals surface area (Å²) in [6.45, 7) is 7.11. The first kappa shape index (κ1) is 18.2. The Bertz CT molecular complexity index is 699. The third-order valence-electron chi connectivity index (χ3n) is 3.95. The van der Waals surface area contributed by atoms with Crippen molar-refractivity contribution >= 4 is 39.8 Å². The lowest BCUT2D eigenvalue weighted by atomic mass is 10.1. The van der Waals surface area contributed by atoms with E-state index in [0.29, 0.717) is 0 Å². The van der Waals surface area contributed by atoms with Crippen molar-refractivity contribution in [3.05, 3.63) is 29.8 Å². The predicted molar refractivity (Wildman–Crippen MR) is 103 cm³/mol. The first-order valence-corrected chi connectivity index (χ1v) is 10.1. The van der Waals surface area contributed by atoms with Crippen LogP contribution in [0.15, 0.2) is 28.6 Å². The number of hydrogen-bond acceptors (Lipinski definition) is 7. The summed E-state index contributed by atoms with van der Waals surface area (Å²) < 4.78 is 6.16. The predicted octanol–water partition coefficient (Wildman–Crippen LogP) is 3.06. The number of nitrogens with one attached hydrogen (secondary N) is 1. The van der Waals surface area contributed by atoms with Crippen LogP contribution in [0.3, 0.4) is 0 Å². The molecule has 1 fully saturated rings. The number of thioether (sulfide) groups is 1. The fraction of sp³-hybridized carbons (Fsp3) is 0.471. The SMILES string of the molecule is CCc1ccc(NC(=O)C(C)Sc2nnc(N3CCOCC3)s2)cc1. The van der Waals surface area contributed by atoms with Gasteiger partial charge in [0.15, 0.2) is 4.34 Å². The minimum atomic E-state index is -0.239. The van der Waals surface area contributed by atoms with Gasteiger partial charge in [0, 0.05) is 18.8 Å². The Labute approximate surface area is 156 Å². The average molecular weight is 379 g/mol. The Hall–Kier alpha value is -1.64. The number of morpholine rings is 1. The van der Waals surface area contributed by atoms with Gasteiger partial charge in [0.2, 0.25) is 11.0 Å². The molecule has 1 aliphatic heterocycles. The Morgan fingerprint density at radius 3 is 2.72 bits per heavy atom. The molecule has 8 heteroatoms. The summed E-state index contributed by atoms with van der Waals surface area (Å²) in [6.07, 6.45) is 0.989. The molecular weight excluding hydrogens is 356 g/mol. The number of benzene rings is 1. The molecule has 1 amide bonds. The molecule has 0 bridgehead atoms. The van der Waals surface area contributed by atoms with Crippen molar-refractivity contribution in [3.63, 3.8) is 0 Å². The van der Waals surface area contributed by atoms with Crippen LogP contribution in [0.1, 0.15) is 19.4 Å². The zero-order valence-electron chi connectivity index (χ0n) is 14.4. The van der Waals surface area contributed by atoms with Gasteiger partial charge in [0.25, 0.3) is 0 Å². The second-order valence-electron chi connectivity index (χ2n) is 5.75. The summed E-state index contributed by atoms with van der Waals surface area (Å²) in [4.78, 5) is 14.5. The van der Waals surface area contributed by atoms with Crippen LogP contribution < -0.4 is 10.2 Å². The fourth-order valence-electron chi connectivity index (χ4n) is 2.40. The summed E-state index contributed by atoms with van der Waals surface area (Å²) in [5.74, 6) is -0.0302. The topological polar surface area (TPSA) is 67.4 Å². The first-order chi connectivity index (χ1) is 12.2. The lowest BCUT2D eigenvalue weighted by molar-refractivity contribution is -0.115. The second-order valence-corrected chi connectivity index (χ2v) is 8.29. The van der Waals surface area contributed by atoms with Gasteiger partial charge in [-0.25, -0.2) is 0 Å². The lowest BCUT2D eigenvalue weighted by Crippen LogP contribution is -2.36. The van der Waals surface area contributed by atoms with Crippen molar-refractivity contribution in [2.45, 2.75) is 29.9 Å². The van der Waals surface area contributed by atoms with Gasteiger partial charge < -0.3 is 15.0 Å². The van der Waals surface area contributed by atoms with Crippen molar-refractivity contribution in [1.82, 2.24) is 10.2 Å². The van der Waals surface area contributed by atoms with Gasteiger partial charge in [0.05, 0.1) is 18.5 Å². The highest BCUT2D eigenvalue weighted by Crippen LogP contribution is 2.31. The molecule has 0 radical (unpaired) electrons. The molecule has 1 unspecified atom stereocenters. The molecule has 134 valence electrons. The van der Waals surface area contributed by atoms with E-state index in [1.54, 1.807) is 0 Å². The van der Waals surface area contributed by atoms with Crippen LogP contribution in [0.2, 0.25) is 0 Å². The van der Waals surface area contributed by atoms with Crippen molar-refractivity contribution in [1.29, 1.82) is 0 Å². The van der Waals surface area contributed by atoms with Gasteiger partial charge in [0.1, 0.15) is 0 Å². The molecule has 25 heavy (non-hydrogen) atoms. The van der Waals surface area contributed by atoms with E-state index in [1.165, 1.54) is 28.7 Å². The quantitative estimate of drug-likeness (QED) is 0.779. The lowest BCUT2D eigenvalue weighted by Gasteiger charge is -2.25. The van der Waals surface area contributed by atoms with Crippen LogP contribution in [0.4, 0.5) is 10.8 Å². The maximum absolute atomic E-state index is 12.4. The number of nitrogens with zero attached hydrogens (tertiary/aromatic N) is 3. The summed E-state index contributed by atoms with van der Waals surface area (Å²) in [5.41, 5.74) is 2.07. The van der Waals surface area contributed by atoms with E-state index in [-0.39, 0.29) is 11.2 Å². The Morgan fingerprint density at radius 1 is 1.32 bits per heavy atom. The van der Waals surface area contributed by atoms with Gasteiger partial charge in [-0.05, 0) is 31.0 Å². The highest BCUT2D eigenvalue weighted by atomic mass is 32.2. The fourth-order valence-corrected chi connectivity index (χ4v) is 4.44. The molecule has 1 aromatic carbocycles. The van der Waals surface area contributed by atoms with Crippen molar-refractivity contribution in [3.8, 4) is 0 Å². The van der Waals surface area contributed by atoms with E-state index in [2.05, 4.69) is 27.3 Å². The first-order valence-electron chi connectivity index (χ1n) is 8.38. The summed E-state index contributed by atoms with van der Waals surface area (Å²) >= 11 is 2.97. The molecule has 0 spiro atoms. The van der Waals surface area contributed by atoms with Crippen LogP contribution in [0, 0.1) is 0 Å². The highest BCUT2D eigenvalue weighted by Gasteiger charge is 2.20. The molecule has 3 rings (SSSR count). The zero-order chi connectivity index (χ0) is 17.6. The Morgan fingerprint density at radius 2 is 2.04 bits per heavy atom. The molecule has 1 aliphatic rings. The minimum absolute atomic E-state index is 0.0302. The Kier molecular flexibility index (Phi) is 6.28. The van der Waals surface area contributed by atoms with E-state index in [9.17, 15) is 4.79 Å². The maximum atomic E-state index is 12.4. The molecule has 6 nitrogen and oxygen atoms in total. The van der Waals surface area contributed by atoms with Gasteiger partial charge in [-0.15, -0.1) is 10.2 Å². The van der Waals surface area contributed by atoms with Crippen molar-refractivity contribution in [2.24, 2.45) is 0 Å². The monoisotopic (exact) mass is 378 g/mol. The van der Waals surface area contributed by atoms with Gasteiger partial charge >= 0.3 is 0 Å². The molecule has 0 saturated carbocycles. The van der Waals surface area contributed by atoms with Crippen molar-refractivity contribution < 1.29 is 9.53 Å². The number of ether oxygens (including phenoxy) is 1. The van der Waals surface area contributed by atoms with E-state index in [0.717, 1.165) is 47.9 Å². The summed E-state index contributed by atoms with van der Waals surface area (Å²) in [6, 6.07) is 7.95. The zero-order valence-corrected chi connectivity index (χ0v) is 16.0. The third-order valence-corrected chi connectivity index (χ3v) is 6.12. The number of anilines is 2. The minimum Gasteiger partial charge on any atom is -0.378 e. The maximum Gasteiger partial charge on any atom is 0.237 e. The van der Waals surface area contributed by atoms with Crippen LogP contribution in [-0.2, 0) is 16.0 Å². The van der Waals surface area contributed by atoms with Crippen LogP contribution in [0.5, 0.6) is 0 Å². The molecule has 2 heterocycles. The number of carbonyl (C=O) groups excluding carboxylic acids is 1. The molecule has 2 aromatic rings. The molecule has 1 saturated heterocycles. The van der Waals surface area contributed by atoms with Crippen LogP contribution >= 0.6 is 23.1 Å². The van der Waals surface area contributed by atoms with Crippen molar-refractivity contribution in [2.75, 3.05) is 36.5 Å². The number of carbonyl (C=O) groups is 1. The third kappa shape index (κ3) is 4.93. The molecule has 1 aromatic heterocycles. The van der Waals surface area contributed by atoms with Gasteiger partial charge in [-0.3, -0.25) is 4.79 Å². The van der Waals surface area contributed by atoms with Crippen LogP contribution in [0.25, 0.3) is 0 Å². The van der Waals surface area contributed by atoms with E-state index in [4.69, 9.17) is 4.74 Å². The summed E-state index contributed by atoms with van der Waals surface area (Å²) in [5, 5.41) is 12.1. The Balaban J connectivity index is 1.54. The largest absolute Gasteiger partial charge is 0.378 e.